The second kappa shape index (κ2) is 10.7. The lowest BCUT2D eigenvalue weighted by Crippen LogP contribution is -2.27. The summed E-state index contributed by atoms with van der Waals surface area (Å²) in [6, 6.07) is 0. The third-order valence-corrected chi connectivity index (χ3v) is 3.53. The molecule has 1 atom stereocenters. The number of aliphatic hydroxyl groups is 1. The topological polar surface area (TPSA) is 32.3 Å². The van der Waals surface area contributed by atoms with Gasteiger partial charge in [0.25, 0.3) is 0 Å². The van der Waals surface area contributed by atoms with Gasteiger partial charge in [0, 0.05) is 6.61 Å². The highest BCUT2D eigenvalue weighted by Crippen LogP contribution is 2.18. The Labute approximate surface area is 121 Å². The zero-order chi connectivity index (χ0) is 14.7. The largest absolute Gasteiger partial charge is 0.396 e. The molecule has 19 heavy (non-hydrogen) atoms. The molecular formula is C17H37NO. The number of unbranched alkanes of at least 4 members (excludes halogenated alkanes) is 2. The van der Waals surface area contributed by atoms with Crippen LogP contribution in [-0.4, -0.2) is 24.8 Å². The highest BCUT2D eigenvalue weighted by molar-refractivity contribution is 4.65. The van der Waals surface area contributed by atoms with Gasteiger partial charge in [-0.2, -0.15) is 0 Å². The standard InChI is InChI=1S/C17H37NO/c1-15(2)10-11-16(13-19)9-7-6-8-12-18-14-17(3,4)5/h15-16,18-19H,6-14H2,1-5H3. The molecule has 0 rings (SSSR count). The van der Waals surface area contributed by atoms with Crippen LogP contribution in [0.2, 0.25) is 0 Å². The van der Waals surface area contributed by atoms with E-state index >= 15 is 0 Å². The maximum Gasteiger partial charge on any atom is 0.0459 e. The first-order valence-electron chi connectivity index (χ1n) is 8.16. The summed E-state index contributed by atoms with van der Waals surface area (Å²) in [6.07, 6.45) is 7.45. The van der Waals surface area contributed by atoms with Gasteiger partial charge in [0.15, 0.2) is 0 Å². The molecule has 1 unspecified atom stereocenters. The normalized spacial score (nSPS) is 14.1. The molecule has 116 valence electrons. The van der Waals surface area contributed by atoms with E-state index < -0.39 is 0 Å². The van der Waals surface area contributed by atoms with Gasteiger partial charge in [-0.15, -0.1) is 0 Å². The van der Waals surface area contributed by atoms with Gasteiger partial charge in [-0.25, -0.2) is 0 Å². The molecule has 0 saturated carbocycles. The molecule has 2 nitrogen and oxygen atoms in total. The fourth-order valence-electron chi connectivity index (χ4n) is 2.22. The van der Waals surface area contributed by atoms with Gasteiger partial charge in [0.2, 0.25) is 0 Å². The van der Waals surface area contributed by atoms with Gasteiger partial charge >= 0.3 is 0 Å². The Kier molecular flexibility index (Phi) is 10.6. The first kappa shape index (κ1) is 18.9. The van der Waals surface area contributed by atoms with Gasteiger partial charge < -0.3 is 10.4 Å². The van der Waals surface area contributed by atoms with E-state index in [9.17, 15) is 5.11 Å². The molecule has 0 spiro atoms. The predicted molar refractivity (Wildman–Crippen MR) is 85.4 cm³/mol. The fraction of sp³-hybridized carbons (Fsp3) is 1.00. The maximum absolute atomic E-state index is 9.36. The number of rotatable bonds is 11. The first-order chi connectivity index (χ1) is 8.85. The fourth-order valence-corrected chi connectivity index (χ4v) is 2.22. The summed E-state index contributed by atoms with van der Waals surface area (Å²) in [5.74, 6) is 1.29. The second-order valence-corrected chi connectivity index (χ2v) is 7.61. The minimum Gasteiger partial charge on any atom is -0.396 e. The van der Waals surface area contributed by atoms with E-state index in [0.29, 0.717) is 17.9 Å². The molecule has 0 aromatic heterocycles. The smallest absolute Gasteiger partial charge is 0.0459 e. The van der Waals surface area contributed by atoms with Crippen molar-refractivity contribution in [2.75, 3.05) is 19.7 Å². The summed E-state index contributed by atoms with van der Waals surface area (Å²) >= 11 is 0. The van der Waals surface area contributed by atoms with Crippen LogP contribution in [0.25, 0.3) is 0 Å². The minimum atomic E-state index is 0.370. The Morgan fingerprint density at radius 1 is 0.947 bits per heavy atom. The molecule has 0 bridgehead atoms. The average molecular weight is 271 g/mol. The van der Waals surface area contributed by atoms with E-state index in [4.69, 9.17) is 0 Å². The van der Waals surface area contributed by atoms with Crippen molar-refractivity contribution in [3.63, 3.8) is 0 Å². The lowest BCUT2D eigenvalue weighted by Gasteiger charge is -2.19. The quantitative estimate of drug-likeness (QED) is 0.551. The first-order valence-corrected chi connectivity index (χ1v) is 8.16. The van der Waals surface area contributed by atoms with Crippen molar-refractivity contribution in [2.24, 2.45) is 17.3 Å². The minimum absolute atomic E-state index is 0.370. The monoisotopic (exact) mass is 271 g/mol. The summed E-state index contributed by atoms with van der Waals surface area (Å²) in [5, 5.41) is 12.9. The van der Waals surface area contributed by atoms with Crippen LogP contribution >= 0.6 is 0 Å². The van der Waals surface area contributed by atoms with E-state index in [1.165, 1.54) is 38.5 Å². The lowest BCUT2D eigenvalue weighted by molar-refractivity contribution is 0.201. The Morgan fingerprint density at radius 3 is 2.16 bits per heavy atom. The SMILES string of the molecule is CC(C)CCC(CO)CCCCCNCC(C)(C)C. The average Bonchev–Trinajstić information content (AvgIpc) is 2.30. The van der Waals surface area contributed by atoms with Crippen LogP contribution < -0.4 is 5.32 Å². The number of nitrogens with one attached hydrogen (secondary N) is 1. The van der Waals surface area contributed by atoms with Crippen molar-refractivity contribution >= 4 is 0 Å². The van der Waals surface area contributed by atoms with Gasteiger partial charge in [-0.3, -0.25) is 0 Å². The van der Waals surface area contributed by atoms with Crippen molar-refractivity contribution in [2.45, 2.75) is 73.1 Å². The molecule has 0 fully saturated rings. The van der Waals surface area contributed by atoms with Crippen LogP contribution in [0.15, 0.2) is 0 Å². The summed E-state index contributed by atoms with van der Waals surface area (Å²) < 4.78 is 0. The zero-order valence-electron chi connectivity index (χ0n) is 14.0. The van der Waals surface area contributed by atoms with Crippen molar-refractivity contribution < 1.29 is 5.11 Å². The summed E-state index contributed by atoms with van der Waals surface area (Å²) in [5.41, 5.74) is 0.388. The second-order valence-electron chi connectivity index (χ2n) is 7.61. The molecule has 0 aromatic rings. The van der Waals surface area contributed by atoms with E-state index in [2.05, 4.69) is 39.9 Å². The Hall–Kier alpha value is -0.0800. The van der Waals surface area contributed by atoms with Crippen LogP contribution in [0.3, 0.4) is 0 Å². The van der Waals surface area contributed by atoms with Crippen LogP contribution in [0.1, 0.15) is 73.1 Å². The zero-order valence-corrected chi connectivity index (χ0v) is 14.0. The van der Waals surface area contributed by atoms with Crippen LogP contribution in [0.4, 0.5) is 0 Å². The van der Waals surface area contributed by atoms with Gasteiger partial charge in [0.05, 0.1) is 0 Å². The lowest BCUT2D eigenvalue weighted by atomic mass is 9.93. The molecule has 0 radical (unpaired) electrons. The predicted octanol–water partition coefficient (Wildman–Crippen LogP) is 4.23. The van der Waals surface area contributed by atoms with Crippen LogP contribution in [0, 0.1) is 17.3 Å². The van der Waals surface area contributed by atoms with Crippen LogP contribution in [0.5, 0.6) is 0 Å². The van der Waals surface area contributed by atoms with Crippen molar-refractivity contribution in [1.82, 2.24) is 5.32 Å². The Bertz CT molecular complexity index is 196. The maximum atomic E-state index is 9.36. The highest BCUT2D eigenvalue weighted by Gasteiger charge is 2.09. The summed E-state index contributed by atoms with van der Waals surface area (Å²) in [7, 11) is 0. The number of hydrogen-bond donors (Lipinski definition) is 2. The van der Waals surface area contributed by atoms with Crippen molar-refractivity contribution in [3.8, 4) is 0 Å². The van der Waals surface area contributed by atoms with Crippen molar-refractivity contribution in [1.29, 1.82) is 0 Å². The third-order valence-electron chi connectivity index (χ3n) is 3.53. The van der Waals surface area contributed by atoms with E-state index in [-0.39, 0.29) is 0 Å². The van der Waals surface area contributed by atoms with E-state index in [1.54, 1.807) is 0 Å². The molecule has 0 aliphatic rings. The molecule has 0 saturated heterocycles. The van der Waals surface area contributed by atoms with Gasteiger partial charge in [-0.1, -0.05) is 53.9 Å². The molecule has 0 aliphatic heterocycles. The number of aliphatic hydroxyl groups excluding tert-OH is 1. The molecule has 0 amide bonds. The number of hydrogen-bond acceptors (Lipinski definition) is 2. The van der Waals surface area contributed by atoms with E-state index in [0.717, 1.165) is 19.0 Å². The molecule has 0 heterocycles. The Balaban J connectivity index is 3.41. The Morgan fingerprint density at radius 2 is 1.63 bits per heavy atom. The summed E-state index contributed by atoms with van der Waals surface area (Å²) in [4.78, 5) is 0. The van der Waals surface area contributed by atoms with E-state index in [1.807, 2.05) is 0 Å². The molecular weight excluding hydrogens is 234 g/mol. The highest BCUT2D eigenvalue weighted by atomic mass is 16.3. The molecule has 2 heteroatoms. The third kappa shape index (κ3) is 14.1. The van der Waals surface area contributed by atoms with Gasteiger partial charge in [-0.05, 0) is 49.6 Å². The van der Waals surface area contributed by atoms with Crippen LogP contribution in [-0.2, 0) is 0 Å². The molecule has 0 aliphatic carbocycles. The molecule has 0 aromatic carbocycles. The molecule has 2 N–H and O–H groups in total. The summed E-state index contributed by atoms with van der Waals surface area (Å²) in [6.45, 7) is 13.9. The van der Waals surface area contributed by atoms with Gasteiger partial charge in [0.1, 0.15) is 0 Å². The van der Waals surface area contributed by atoms with Crippen molar-refractivity contribution in [3.05, 3.63) is 0 Å².